The van der Waals surface area contributed by atoms with Crippen LogP contribution in [-0.4, -0.2) is 53.9 Å². The fraction of sp³-hybridized carbons (Fsp3) is 0.240. The first-order valence-corrected chi connectivity index (χ1v) is 11.5. The number of hydrogen-bond donors (Lipinski definition) is 1. The first-order chi connectivity index (χ1) is 17.2. The third-order valence-electron chi connectivity index (χ3n) is 5.71. The molecule has 4 rings (SSSR count). The van der Waals surface area contributed by atoms with Crippen LogP contribution in [-0.2, 0) is 9.59 Å². The monoisotopic (exact) mass is 509 g/mol. The van der Waals surface area contributed by atoms with Gasteiger partial charge >= 0.3 is 5.91 Å². The van der Waals surface area contributed by atoms with E-state index < -0.39 is 17.7 Å². The summed E-state index contributed by atoms with van der Waals surface area (Å²) in [5.41, 5.74) is 0.983. The van der Waals surface area contributed by atoms with Gasteiger partial charge in [-0.25, -0.2) is 4.98 Å². The van der Waals surface area contributed by atoms with Crippen LogP contribution in [0.25, 0.3) is 5.76 Å². The molecule has 1 aliphatic rings. The van der Waals surface area contributed by atoms with Gasteiger partial charge in [0, 0.05) is 24.9 Å². The van der Waals surface area contributed by atoms with Crippen molar-refractivity contribution in [3.05, 3.63) is 63.9 Å². The van der Waals surface area contributed by atoms with Gasteiger partial charge in [-0.15, -0.1) is 0 Å². The standard InChI is InChI=1S/C25H23N3O7S/c1-12-23(13(2)29)36-25(27-12)28-19(15-10-16(33-3)22(35-5)17(11-15)34-4)18(21(31)24(28)32)20(30)14-6-8-26-9-7-14/h6-11,19,30H,1-5H3/b20-18+. The van der Waals surface area contributed by atoms with E-state index in [1.807, 2.05) is 0 Å². The number of aromatic nitrogens is 2. The summed E-state index contributed by atoms with van der Waals surface area (Å²) in [5.74, 6) is -1.49. The molecule has 2 aromatic heterocycles. The van der Waals surface area contributed by atoms with Gasteiger partial charge in [-0.2, -0.15) is 0 Å². The molecule has 1 aliphatic heterocycles. The van der Waals surface area contributed by atoms with Crippen molar-refractivity contribution in [3.63, 3.8) is 0 Å². The number of thiazole rings is 1. The number of methoxy groups -OCH3 is 3. The van der Waals surface area contributed by atoms with Gasteiger partial charge in [-0.1, -0.05) is 11.3 Å². The maximum atomic E-state index is 13.4. The van der Waals surface area contributed by atoms with Crippen LogP contribution in [0.5, 0.6) is 17.2 Å². The Morgan fingerprint density at radius 3 is 2.17 bits per heavy atom. The van der Waals surface area contributed by atoms with Crippen LogP contribution in [0.4, 0.5) is 5.13 Å². The minimum absolute atomic E-state index is 0.146. The number of hydrogen-bond acceptors (Lipinski definition) is 10. The minimum atomic E-state index is -1.10. The maximum absolute atomic E-state index is 13.4. The Bertz CT molecular complexity index is 1370. The Balaban J connectivity index is 2.02. The van der Waals surface area contributed by atoms with Gasteiger partial charge in [0.1, 0.15) is 5.76 Å². The summed E-state index contributed by atoms with van der Waals surface area (Å²) in [7, 11) is 4.34. The van der Waals surface area contributed by atoms with Crippen LogP contribution in [0.1, 0.15) is 39.5 Å². The first-order valence-electron chi connectivity index (χ1n) is 10.7. The number of pyridine rings is 1. The molecule has 3 heterocycles. The summed E-state index contributed by atoms with van der Waals surface area (Å²) in [6.07, 6.45) is 2.92. The SMILES string of the molecule is COc1cc(C2/C(=C(\O)c3ccncc3)C(=O)C(=O)N2c2nc(C)c(C(C)=O)s2)cc(OC)c1OC. The second-order valence-corrected chi connectivity index (χ2v) is 8.81. The summed E-state index contributed by atoms with van der Waals surface area (Å²) in [6.45, 7) is 3.05. The van der Waals surface area contributed by atoms with Gasteiger partial charge in [-0.05, 0) is 36.8 Å². The van der Waals surface area contributed by atoms with Crippen molar-refractivity contribution in [2.75, 3.05) is 26.2 Å². The van der Waals surface area contributed by atoms with E-state index in [2.05, 4.69) is 9.97 Å². The number of carbonyl (C=O) groups excluding carboxylic acids is 3. The minimum Gasteiger partial charge on any atom is -0.507 e. The average Bonchev–Trinajstić information content (AvgIpc) is 3.39. The molecular formula is C25H23N3O7S. The van der Waals surface area contributed by atoms with E-state index in [1.165, 1.54) is 57.7 Å². The van der Waals surface area contributed by atoms with Gasteiger partial charge in [0.25, 0.3) is 5.78 Å². The number of ether oxygens (including phenoxy) is 3. The van der Waals surface area contributed by atoms with Gasteiger partial charge < -0.3 is 19.3 Å². The highest BCUT2D eigenvalue weighted by Crippen LogP contribution is 2.48. The Labute approximate surface area is 210 Å². The number of rotatable bonds is 7. The molecule has 0 bridgehead atoms. The molecule has 1 atom stereocenters. The highest BCUT2D eigenvalue weighted by Gasteiger charge is 2.49. The van der Waals surface area contributed by atoms with Crippen LogP contribution in [0.3, 0.4) is 0 Å². The number of amides is 1. The zero-order chi connectivity index (χ0) is 26.1. The summed E-state index contributed by atoms with van der Waals surface area (Å²) in [4.78, 5) is 48.7. The normalized spacial score (nSPS) is 16.8. The largest absolute Gasteiger partial charge is 0.507 e. The number of anilines is 1. The molecule has 186 valence electrons. The molecule has 1 unspecified atom stereocenters. The van der Waals surface area contributed by atoms with Crippen molar-refractivity contribution < 1.29 is 33.7 Å². The van der Waals surface area contributed by atoms with Crippen LogP contribution in [0.15, 0.2) is 42.2 Å². The van der Waals surface area contributed by atoms with Crippen molar-refractivity contribution in [1.82, 2.24) is 9.97 Å². The summed E-state index contributed by atoms with van der Waals surface area (Å²) >= 11 is 0.997. The fourth-order valence-electron chi connectivity index (χ4n) is 4.08. The first kappa shape index (κ1) is 24.9. The summed E-state index contributed by atoms with van der Waals surface area (Å²) in [6, 6.07) is 5.14. The lowest BCUT2D eigenvalue weighted by molar-refractivity contribution is -0.132. The number of Topliss-reactive ketones (excluding diaryl/α,β-unsaturated/α-hetero) is 2. The quantitative estimate of drug-likeness (QED) is 0.219. The Kier molecular flexibility index (Phi) is 6.75. The molecule has 1 aromatic carbocycles. The highest BCUT2D eigenvalue weighted by molar-refractivity contribution is 7.18. The lowest BCUT2D eigenvalue weighted by atomic mass is 9.95. The Morgan fingerprint density at radius 1 is 1.06 bits per heavy atom. The van der Waals surface area contributed by atoms with Crippen molar-refractivity contribution in [1.29, 1.82) is 0 Å². The second-order valence-electron chi connectivity index (χ2n) is 7.83. The number of nitrogens with zero attached hydrogens (tertiary/aromatic N) is 3. The third kappa shape index (κ3) is 4.07. The van der Waals surface area contributed by atoms with E-state index in [9.17, 15) is 19.5 Å². The number of ketones is 2. The van der Waals surface area contributed by atoms with Gasteiger partial charge in [0.2, 0.25) is 5.75 Å². The lowest BCUT2D eigenvalue weighted by Crippen LogP contribution is -2.29. The van der Waals surface area contributed by atoms with Crippen LogP contribution in [0.2, 0.25) is 0 Å². The smallest absolute Gasteiger partial charge is 0.301 e. The van der Waals surface area contributed by atoms with E-state index in [0.717, 1.165) is 11.3 Å². The molecule has 1 fully saturated rings. The van der Waals surface area contributed by atoms with E-state index in [0.29, 0.717) is 38.9 Å². The predicted octanol–water partition coefficient (Wildman–Crippen LogP) is 3.70. The van der Waals surface area contributed by atoms with Crippen LogP contribution < -0.4 is 19.1 Å². The second kappa shape index (κ2) is 9.78. The highest BCUT2D eigenvalue weighted by atomic mass is 32.1. The fourth-order valence-corrected chi connectivity index (χ4v) is 5.07. The van der Waals surface area contributed by atoms with E-state index in [1.54, 1.807) is 19.1 Å². The number of benzene rings is 1. The number of aryl methyl sites for hydroxylation is 1. The average molecular weight is 510 g/mol. The number of aliphatic hydroxyl groups is 1. The molecule has 3 aromatic rings. The third-order valence-corrected chi connectivity index (χ3v) is 6.97. The number of aliphatic hydroxyl groups excluding tert-OH is 1. The van der Waals surface area contributed by atoms with E-state index in [4.69, 9.17) is 14.2 Å². The van der Waals surface area contributed by atoms with Crippen molar-refractivity contribution in [2.24, 2.45) is 0 Å². The van der Waals surface area contributed by atoms with Crippen molar-refractivity contribution >= 4 is 39.7 Å². The molecule has 10 nitrogen and oxygen atoms in total. The molecular weight excluding hydrogens is 486 g/mol. The zero-order valence-corrected chi connectivity index (χ0v) is 21.0. The Hall–Kier alpha value is -4.25. The molecule has 0 spiro atoms. The topological polar surface area (TPSA) is 128 Å². The van der Waals surface area contributed by atoms with Gasteiger partial charge in [-0.3, -0.25) is 24.3 Å². The molecule has 1 amide bonds. The Morgan fingerprint density at radius 2 is 1.67 bits per heavy atom. The van der Waals surface area contributed by atoms with E-state index >= 15 is 0 Å². The molecule has 0 radical (unpaired) electrons. The molecule has 11 heteroatoms. The molecule has 1 N–H and O–H groups in total. The molecule has 36 heavy (non-hydrogen) atoms. The maximum Gasteiger partial charge on any atom is 0.301 e. The summed E-state index contributed by atoms with van der Waals surface area (Å²) in [5, 5.41) is 11.3. The number of carbonyl (C=O) groups is 3. The van der Waals surface area contributed by atoms with Crippen molar-refractivity contribution in [3.8, 4) is 17.2 Å². The lowest BCUT2D eigenvalue weighted by Gasteiger charge is -2.24. The predicted molar refractivity (Wildman–Crippen MR) is 132 cm³/mol. The molecule has 0 aliphatic carbocycles. The van der Waals surface area contributed by atoms with E-state index in [-0.39, 0.29) is 22.2 Å². The van der Waals surface area contributed by atoms with Crippen molar-refractivity contribution in [2.45, 2.75) is 19.9 Å². The van der Waals surface area contributed by atoms with Gasteiger partial charge in [0.15, 0.2) is 22.4 Å². The van der Waals surface area contributed by atoms with Crippen LogP contribution in [0, 0.1) is 6.92 Å². The summed E-state index contributed by atoms with van der Waals surface area (Å²) < 4.78 is 16.3. The zero-order valence-electron chi connectivity index (χ0n) is 20.2. The van der Waals surface area contributed by atoms with Gasteiger partial charge in [0.05, 0.1) is 43.5 Å². The molecule has 1 saturated heterocycles. The molecule has 0 saturated carbocycles. The van der Waals surface area contributed by atoms with Crippen LogP contribution >= 0.6 is 11.3 Å².